The van der Waals surface area contributed by atoms with Crippen molar-refractivity contribution >= 4 is 46.9 Å². The van der Waals surface area contributed by atoms with Gasteiger partial charge >= 0.3 is 5.97 Å². The van der Waals surface area contributed by atoms with Gasteiger partial charge in [-0.3, -0.25) is 14.9 Å². The fraction of sp³-hybridized carbons (Fsp3) is 0.433. The van der Waals surface area contributed by atoms with E-state index in [0.717, 1.165) is 0 Å². The van der Waals surface area contributed by atoms with Crippen molar-refractivity contribution < 1.29 is 29.3 Å². The number of aliphatic carboxylic acids is 1. The number of allylic oxidation sites excluding steroid dienone is 2. The average molecular weight is 644 g/mol. The highest BCUT2D eigenvalue weighted by molar-refractivity contribution is 6.40. The number of carboxylic acids is 1. The number of carbonyl (C=O) groups is 3. The van der Waals surface area contributed by atoms with Gasteiger partial charge in [0.1, 0.15) is 12.1 Å². The van der Waals surface area contributed by atoms with E-state index >= 15 is 0 Å². The molecule has 3 aliphatic heterocycles. The number of aliphatic hydroxyl groups is 1. The number of piperidine rings is 1. The number of nitrogens with one attached hydrogen (secondary N) is 2. The minimum absolute atomic E-state index is 0.00828. The number of nitriles is 1. The minimum atomic E-state index is -1.46. The Morgan fingerprint density at radius 1 is 1.23 bits per heavy atom. The molecule has 14 heteroatoms. The maximum absolute atomic E-state index is 13.3. The van der Waals surface area contributed by atoms with Gasteiger partial charge in [-0.1, -0.05) is 48.4 Å². The predicted molar refractivity (Wildman–Crippen MR) is 162 cm³/mol. The second-order valence-electron chi connectivity index (χ2n) is 11.3. The molecule has 232 valence electrons. The van der Waals surface area contributed by atoms with E-state index in [1.54, 1.807) is 22.1 Å². The molecule has 0 saturated carbocycles. The van der Waals surface area contributed by atoms with Crippen LogP contribution in [0.4, 0.5) is 0 Å². The number of fused-ring (bicyclic) bond motifs is 2. The first-order chi connectivity index (χ1) is 21.0. The molecule has 0 bridgehead atoms. The smallest absolute Gasteiger partial charge is 0.328 e. The van der Waals surface area contributed by atoms with Crippen molar-refractivity contribution in [1.82, 2.24) is 20.4 Å². The van der Waals surface area contributed by atoms with Gasteiger partial charge in [0.25, 0.3) is 11.8 Å². The zero-order valence-electron chi connectivity index (χ0n) is 23.9. The van der Waals surface area contributed by atoms with Gasteiger partial charge in [-0.25, -0.2) is 9.79 Å². The number of hydrogen-bond acceptors (Lipinski definition) is 7. The molecule has 0 radical (unpaired) electrons. The molecule has 1 fully saturated rings. The summed E-state index contributed by atoms with van der Waals surface area (Å²) >= 11 is 13.2. The molecule has 1 aliphatic carbocycles. The van der Waals surface area contributed by atoms with Crippen molar-refractivity contribution in [1.29, 1.82) is 5.26 Å². The first-order valence-electron chi connectivity index (χ1n) is 14.2. The summed E-state index contributed by atoms with van der Waals surface area (Å²) in [6.45, 7) is 2.84. The van der Waals surface area contributed by atoms with E-state index in [1.165, 1.54) is 0 Å². The zero-order valence-corrected chi connectivity index (χ0v) is 25.4. The first-order valence-corrected chi connectivity index (χ1v) is 15.0. The molecule has 12 nitrogen and oxygen atoms in total. The number of carbonyl (C=O) groups excluding carboxylic acids is 2. The number of β-amino-alcohol motifs (C(OH)–C–C–N with tert-alkyl or cyclic N) is 1. The van der Waals surface area contributed by atoms with Crippen LogP contribution in [0.15, 0.2) is 47.2 Å². The molecule has 4 N–H and O–H groups in total. The second kappa shape index (κ2) is 13.3. The van der Waals surface area contributed by atoms with E-state index in [4.69, 9.17) is 27.9 Å². The SMILES string of the molecule is C[C@H]1C[C@@H](O)CN(C(=NC[C@H](NC(=O)c2c(Cl)cc3c(c2Cl)CCN(C(=O)C2=CC4C=CC=CC4O2)C3)C(=O)O)NC#N)C1. The van der Waals surface area contributed by atoms with E-state index in [0.29, 0.717) is 37.1 Å². The van der Waals surface area contributed by atoms with Gasteiger partial charge in [0.05, 0.1) is 28.3 Å². The fourth-order valence-corrected chi connectivity index (χ4v) is 6.66. The number of likely N-dealkylation sites (tertiary alicyclic amines) is 1. The van der Waals surface area contributed by atoms with E-state index in [-0.39, 0.29) is 64.3 Å². The highest BCUT2D eigenvalue weighted by Gasteiger charge is 2.35. The summed E-state index contributed by atoms with van der Waals surface area (Å²) in [6.07, 6.45) is 11.4. The number of ether oxygens (including phenoxy) is 1. The Hall–Kier alpha value is -4.05. The fourth-order valence-electron chi connectivity index (χ4n) is 5.90. The van der Waals surface area contributed by atoms with Crippen molar-refractivity contribution in [2.45, 2.75) is 44.6 Å². The Balaban J connectivity index is 1.29. The summed E-state index contributed by atoms with van der Waals surface area (Å²) in [7, 11) is 0. The monoisotopic (exact) mass is 642 g/mol. The molecule has 0 aromatic heterocycles. The maximum Gasteiger partial charge on any atom is 0.328 e. The normalized spacial score (nSPS) is 24.8. The maximum atomic E-state index is 13.3. The van der Waals surface area contributed by atoms with Crippen molar-refractivity contribution in [3.8, 4) is 6.19 Å². The second-order valence-corrected chi connectivity index (χ2v) is 12.1. The lowest BCUT2D eigenvalue weighted by molar-refractivity contribution is -0.139. The number of aliphatic hydroxyl groups excluding tert-OH is 1. The molecule has 44 heavy (non-hydrogen) atoms. The number of amides is 2. The molecule has 4 aliphatic rings. The lowest BCUT2D eigenvalue weighted by Crippen LogP contribution is -2.50. The molecular formula is C30H32Cl2N6O6. The Kier molecular flexibility index (Phi) is 9.48. The number of nitrogens with zero attached hydrogens (tertiary/aromatic N) is 4. The van der Waals surface area contributed by atoms with Crippen LogP contribution < -0.4 is 10.6 Å². The summed E-state index contributed by atoms with van der Waals surface area (Å²) < 4.78 is 5.85. The number of halogens is 2. The number of rotatable bonds is 6. The molecule has 2 unspecified atom stereocenters. The van der Waals surface area contributed by atoms with E-state index in [2.05, 4.69) is 15.6 Å². The standard InChI is InChI=1S/C30H32Cl2N6O6/c1-16-8-19(39)14-38(12-16)30(35-15-33)34-11-22(29(42)43)36-27(40)25-21(31)9-18-13-37(7-6-20(18)26(25)32)28(41)24-10-17-4-2-3-5-23(17)44-24/h2-5,9-10,16-17,19,22-23,39H,6-8,11-14H2,1H3,(H,34,35)(H,36,40)(H,42,43)/t16-,17?,19+,22-,23?/m0/s1. The third kappa shape index (κ3) is 6.70. The highest BCUT2D eigenvalue weighted by Crippen LogP contribution is 2.36. The van der Waals surface area contributed by atoms with Gasteiger partial charge in [0.15, 0.2) is 12.0 Å². The van der Waals surface area contributed by atoms with Crippen LogP contribution in [0, 0.1) is 23.3 Å². The lowest BCUT2D eigenvalue weighted by Gasteiger charge is -2.35. The number of hydrogen-bond donors (Lipinski definition) is 4. The van der Waals surface area contributed by atoms with Crippen LogP contribution in [-0.2, 0) is 27.3 Å². The Labute approximate surface area is 264 Å². The Morgan fingerprint density at radius 2 is 2.00 bits per heavy atom. The summed E-state index contributed by atoms with van der Waals surface area (Å²) in [5.41, 5.74) is 1.25. The number of guanidine groups is 1. The molecule has 0 spiro atoms. The van der Waals surface area contributed by atoms with Gasteiger partial charge in [-0.2, -0.15) is 5.26 Å². The number of aliphatic imine (C=N–C) groups is 1. The Morgan fingerprint density at radius 3 is 2.70 bits per heavy atom. The van der Waals surface area contributed by atoms with Gasteiger partial charge in [-0.05, 0) is 48.1 Å². The molecule has 5 atom stereocenters. The van der Waals surface area contributed by atoms with Crippen LogP contribution >= 0.6 is 23.2 Å². The molecule has 1 aromatic carbocycles. The van der Waals surface area contributed by atoms with Crippen LogP contribution in [-0.4, -0.2) is 88.2 Å². The van der Waals surface area contributed by atoms with Crippen LogP contribution in [0.25, 0.3) is 0 Å². The van der Waals surface area contributed by atoms with Gasteiger partial charge in [-0.15, -0.1) is 0 Å². The average Bonchev–Trinajstić information content (AvgIpc) is 3.41. The van der Waals surface area contributed by atoms with E-state index in [9.17, 15) is 29.9 Å². The lowest BCUT2D eigenvalue weighted by atomic mass is 9.96. The van der Waals surface area contributed by atoms with Crippen LogP contribution in [0.1, 0.15) is 34.8 Å². The molecule has 5 rings (SSSR count). The molecular weight excluding hydrogens is 611 g/mol. The number of benzene rings is 1. The highest BCUT2D eigenvalue weighted by atomic mass is 35.5. The molecule has 1 aromatic rings. The summed E-state index contributed by atoms with van der Waals surface area (Å²) in [5, 5.41) is 34.1. The van der Waals surface area contributed by atoms with Crippen molar-refractivity contribution in [2.75, 3.05) is 26.2 Å². The van der Waals surface area contributed by atoms with Crippen molar-refractivity contribution in [3.63, 3.8) is 0 Å². The number of carboxylic acid groups (broad SMARTS) is 1. The van der Waals surface area contributed by atoms with Gasteiger partial charge in [0.2, 0.25) is 5.96 Å². The van der Waals surface area contributed by atoms with E-state index in [1.807, 2.05) is 37.3 Å². The van der Waals surface area contributed by atoms with Gasteiger partial charge < -0.3 is 30.1 Å². The largest absolute Gasteiger partial charge is 0.480 e. The summed E-state index contributed by atoms with van der Waals surface area (Å²) in [4.78, 5) is 46.1. The van der Waals surface area contributed by atoms with Crippen LogP contribution in [0.3, 0.4) is 0 Å². The van der Waals surface area contributed by atoms with Crippen LogP contribution in [0.2, 0.25) is 10.0 Å². The third-order valence-electron chi connectivity index (χ3n) is 7.99. The molecule has 3 heterocycles. The third-order valence-corrected chi connectivity index (χ3v) is 8.71. The minimum Gasteiger partial charge on any atom is -0.480 e. The summed E-state index contributed by atoms with van der Waals surface area (Å²) in [6, 6.07) is 0.104. The van der Waals surface area contributed by atoms with Crippen LogP contribution in [0.5, 0.6) is 0 Å². The molecule has 2 amide bonds. The first kappa shape index (κ1) is 31.4. The topological polar surface area (TPSA) is 168 Å². The van der Waals surface area contributed by atoms with Gasteiger partial charge in [0, 0.05) is 32.1 Å². The predicted octanol–water partition coefficient (Wildman–Crippen LogP) is 2.22. The zero-order chi connectivity index (χ0) is 31.5. The summed E-state index contributed by atoms with van der Waals surface area (Å²) in [5.74, 6) is -1.86. The molecule has 1 saturated heterocycles. The van der Waals surface area contributed by atoms with E-state index < -0.39 is 30.6 Å². The Bertz CT molecular complexity index is 1510. The quantitative estimate of drug-likeness (QED) is 0.157. The van der Waals surface area contributed by atoms with Crippen molar-refractivity contribution in [2.24, 2.45) is 16.8 Å². The van der Waals surface area contributed by atoms with Crippen molar-refractivity contribution in [3.05, 3.63) is 68.9 Å².